The molecule has 0 spiro atoms. The lowest BCUT2D eigenvalue weighted by Crippen LogP contribution is -2.37. The van der Waals surface area contributed by atoms with Crippen molar-refractivity contribution in [3.05, 3.63) is 62.9 Å². The number of nitro benzene ring substituents is 1. The van der Waals surface area contributed by atoms with Gasteiger partial charge in [0.1, 0.15) is 0 Å². The molecule has 1 aliphatic heterocycles. The number of rotatable bonds is 8. The van der Waals surface area contributed by atoms with Gasteiger partial charge >= 0.3 is 0 Å². The highest BCUT2D eigenvalue weighted by molar-refractivity contribution is 7.89. The molecule has 4 rings (SSSR count). The Morgan fingerprint density at radius 1 is 1.19 bits per heavy atom. The zero-order valence-corrected chi connectivity index (χ0v) is 21.8. The smallest absolute Gasteiger partial charge is 0.279 e. The third-order valence-electron chi connectivity index (χ3n) is 6.22. The Morgan fingerprint density at radius 2 is 1.89 bits per heavy atom. The molecule has 0 unspecified atom stereocenters. The fraction of sp³-hybridized carbons (Fsp3) is 0.417. The number of non-ortho nitro benzene ring substituents is 1. The van der Waals surface area contributed by atoms with Gasteiger partial charge in [0.05, 0.1) is 26.6 Å². The Hall–Kier alpha value is -2.93. The van der Waals surface area contributed by atoms with Crippen LogP contribution in [0, 0.1) is 16.0 Å². The molecule has 1 saturated heterocycles. The van der Waals surface area contributed by atoms with E-state index in [0.717, 1.165) is 17.5 Å². The van der Waals surface area contributed by atoms with Crippen LogP contribution in [0.5, 0.6) is 0 Å². The van der Waals surface area contributed by atoms with Crippen molar-refractivity contribution in [1.29, 1.82) is 0 Å². The highest BCUT2D eigenvalue weighted by atomic mass is 32.2. The summed E-state index contributed by atoms with van der Waals surface area (Å²) in [6, 6.07) is 10.3. The maximum atomic E-state index is 13.0. The minimum atomic E-state index is -3.61. The second-order valence-corrected chi connectivity index (χ2v) is 11.6. The maximum Gasteiger partial charge on any atom is 0.279 e. The summed E-state index contributed by atoms with van der Waals surface area (Å²) < 4.78 is 35.4. The van der Waals surface area contributed by atoms with E-state index in [1.807, 2.05) is 6.92 Å². The number of benzene rings is 2. The fourth-order valence-electron chi connectivity index (χ4n) is 4.07. The minimum absolute atomic E-state index is 0.0525. The van der Waals surface area contributed by atoms with Gasteiger partial charge in [-0.15, -0.1) is 0 Å². The summed E-state index contributed by atoms with van der Waals surface area (Å²) in [6.07, 6.45) is 1.66. The molecule has 1 amide bonds. The molecule has 1 fully saturated rings. The first kappa shape index (κ1) is 26.1. The van der Waals surface area contributed by atoms with Gasteiger partial charge in [-0.25, -0.2) is 8.42 Å². The summed E-state index contributed by atoms with van der Waals surface area (Å²) in [5.41, 5.74) is 0.794. The number of hydrogen-bond donors (Lipinski definition) is 0. The van der Waals surface area contributed by atoms with Crippen molar-refractivity contribution in [1.82, 2.24) is 8.87 Å². The van der Waals surface area contributed by atoms with Crippen LogP contribution in [0.1, 0.15) is 37.0 Å². The van der Waals surface area contributed by atoms with Gasteiger partial charge in [-0.1, -0.05) is 18.3 Å². The van der Waals surface area contributed by atoms with Crippen LogP contribution >= 0.6 is 11.3 Å². The van der Waals surface area contributed by atoms with Gasteiger partial charge in [0.25, 0.3) is 11.6 Å². The van der Waals surface area contributed by atoms with Crippen LogP contribution in [-0.4, -0.2) is 54.4 Å². The van der Waals surface area contributed by atoms with Crippen LogP contribution in [-0.2, 0) is 21.3 Å². The molecule has 1 aromatic heterocycles. The highest BCUT2D eigenvalue weighted by Gasteiger charge is 2.28. The van der Waals surface area contributed by atoms with E-state index in [1.165, 1.54) is 52.0 Å². The van der Waals surface area contributed by atoms with E-state index in [2.05, 4.69) is 11.9 Å². The predicted octanol–water partition coefficient (Wildman–Crippen LogP) is 3.81. The van der Waals surface area contributed by atoms with Gasteiger partial charge in [-0.3, -0.25) is 14.9 Å². The molecule has 36 heavy (non-hydrogen) atoms. The molecule has 2 aromatic carbocycles. The van der Waals surface area contributed by atoms with Crippen molar-refractivity contribution >= 4 is 43.2 Å². The molecule has 192 valence electrons. The number of aromatic nitrogens is 1. The monoisotopic (exact) mass is 532 g/mol. The first-order chi connectivity index (χ1) is 17.2. The summed E-state index contributed by atoms with van der Waals surface area (Å²) in [5.74, 6) is -0.0219. The van der Waals surface area contributed by atoms with Crippen molar-refractivity contribution in [2.75, 3.05) is 26.3 Å². The number of thiazole rings is 1. The number of sulfonamides is 1. The minimum Gasteiger partial charge on any atom is -0.380 e. The lowest BCUT2D eigenvalue weighted by atomic mass is 10.0. The van der Waals surface area contributed by atoms with Gasteiger partial charge in [-0.05, 0) is 56.0 Å². The molecule has 0 N–H and O–H groups in total. The quantitative estimate of drug-likeness (QED) is 0.247. The Kier molecular flexibility index (Phi) is 7.98. The normalized spacial score (nSPS) is 16.0. The van der Waals surface area contributed by atoms with Crippen LogP contribution in [0.4, 0.5) is 5.69 Å². The van der Waals surface area contributed by atoms with Crippen LogP contribution in [0.2, 0.25) is 0 Å². The van der Waals surface area contributed by atoms with Crippen molar-refractivity contribution < 1.29 is 22.9 Å². The fourth-order valence-corrected chi connectivity index (χ4v) is 6.57. The molecule has 0 saturated carbocycles. The molecule has 10 nitrogen and oxygen atoms in total. The van der Waals surface area contributed by atoms with Gasteiger partial charge < -0.3 is 9.30 Å². The number of nitro groups is 1. The van der Waals surface area contributed by atoms with E-state index in [4.69, 9.17) is 4.74 Å². The molecule has 0 bridgehead atoms. The number of amides is 1. The molecule has 2 heterocycles. The molecular formula is C24H28N4O6S2. The summed E-state index contributed by atoms with van der Waals surface area (Å²) in [6.45, 7) is 6.20. The number of carbonyl (C=O) groups excluding carboxylic acids is 1. The summed E-state index contributed by atoms with van der Waals surface area (Å²) in [4.78, 5) is 28.6. The number of fused-ring (bicyclic) bond motifs is 1. The van der Waals surface area contributed by atoms with E-state index in [9.17, 15) is 23.3 Å². The van der Waals surface area contributed by atoms with Crippen molar-refractivity contribution in [3.8, 4) is 0 Å². The average Bonchev–Trinajstić information content (AvgIpc) is 3.20. The van der Waals surface area contributed by atoms with Gasteiger partial charge in [-0.2, -0.15) is 9.30 Å². The number of hydrogen-bond acceptors (Lipinski definition) is 7. The first-order valence-electron chi connectivity index (χ1n) is 11.8. The second-order valence-electron chi connectivity index (χ2n) is 8.67. The SMILES string of the molecule is CCOCCn1c(=NC(=O)c2ccc(S(=O)(=O)N3CCC(C)CC3)cc2)sc2ccc([N+](=O)[O-])cc21. The molecule has 1 aliphatic rings. The Bertz CT molecular complexity index is 1440. The summed E-state index contributed by atoms with van der Waals surface area (Å²) >= 11 is 1.25. The topological polar surface area (TPSA) is 124 Å². The van der Waals surface area contributed by atoms with Crippen LogP contribution < -0.4 is 4.80 Å². The molecule has 12 heteroatoms. The lowest BCUT2D eigenvalue weighted by Gasteiger charge is -2.29. The van der Waals surface area contributed by atoms with E-state index in [-0.39, 0.29) is 16.1 Å². The zero-order chi connectivity index (χ0) is 25.9. The lowest BCUT2D eigenvalue weighted by molar-refractivity contribution is -0.384. The molecule has 0 radical (unpaired) electrons. The third-order valence-corrected chi connectivity index (χ3v) is 9.19. The second kappa shape index (κ2) is 11.0. The van der Waals surface area contributed by atoms with Gasteiger partial charge in [0.2, 0.25) is 10.0 Å². The largest absolute Gasteiger partial charge is 0.380 e. The average molecular weight is 533 g/mol. The zero-order valence-electron chi connectivity index (χ0n) is 20.1. The summed E-state index contributed by atoms with van der Waals surface area (Å²) in [7, 11) is -3.61. The Labute approximate surface area is 213 Å². The number of piperidine rings is 1. The number of nitrogens with zero attached hydrogens (tertiary/aromatic N) is 4. The first-order valence-corrected chi connectivity index (χ1v) is 14.0. The van der Waals surface area contributed by atoms with Crippen molar-refractivity contribution in [2.45, 2.75) is 38.1 Å². The van der Waals surface area contributed by atoms with Crippen molar-refractivity contribution in [3.63, 3.8) is 0 Å². The third kappa shape index (κ3) is 5.56. The van der Waals surface area contributed by atoms with Gasteiger partial charge in [0.15, 0.2) is 4.80 Å². The molecule has 0 atom stereocenters. The number of carbonyl (C=O) groups is 1. The Balaban J connectivity index is 1.64. The summed E-state index contributed by atoms with van der Waals surface area (Å²) in [5, 5.41) is 11.3. The van der Waals surface area contributed by atoms with Crippen LogP contribution in [0.25, 0.3) is 10.2 Å². The van der Waals surface area contributed by atoms with Crippen LogP contribution in [0.3, 0.4) is 0 Å². The van der Waals surface area contributed by atoms with Gasteiger partial charge in [0, 0.05) is 43.9 Å². The predicted molar refractivity (Wildman–Crippen MR) is 136 cm³/mol. The van der Waals surface area contributed by atoms with E-state index < -0.39 is 20.9 Å². The van der Waals surface area contributed by atoms with E-state index in [0.29, 0.717) is 49.1 Å². The van der Waals surface area contributed by atoms with E-state index in [1.54, 1.807) is 10.6 Å². The standard InChI is InChI=1S/C24H28N4O6S2/c1-3-34-15-14-27-21-16-19(28(30)31)6-9-22(21)35-24(27)25-23(29)18-4-7-20(8-5-18)36(32,33)26-12-10-17(2)11-13-26/h4-9,16-17H,3,10-15H2,1-2H3. The van der Waals surface area contributed by atoms with Crippen LogP contribution in [0.15, 0.2) is 52.4 Å². The molecule has 0 aliphatic carbocycles. The molecule has 3 aromatic rings. The van der Waals surface area contributed by atoms with Crippen molar-refractivity contribution in [2.24, 2.45) is 10.9 Å². The van der Waals surface area contributed by atoms with E-state index >= 15 is 0 Å². The number of ether oxygens (including phenoxy) is 1. The Morgan fingerprint density at radius 3 is 2.53 bits per heavy atom. The maximum absolute atomic E-state index is 13.0. The highest BCUT2D eigenvalue weighted by Crippen LogP contribution is 2.25. The molecular weight excluding hydrogens is 504 g/mol.